The third kappa shape index (κ3) is 3.27. The standard InChI is InChI=1S/C19H22F3N5OS/c1-4-11-16-12(10-13(23-11)19(20,21)22)24-17(26(16)3)15-18(29(28)5-2)27-9-7-6-8-14(27)25-15/h10H,4-9H2,1-3H3. The minimum Gasteiger partial charge on any atom is -0.324 e. The Balaban J connectivity index is 1.99. The highest BCUT2D eigenvalue weighted by atomic mass is 32.2. The molecule has 0 bridgehead atoms. The normalized spacial score (nSPS) is 15.7. The van der Waals surface area contributed by atoms with Gasteiger partial charge in [-0.2, -0.15) is 13.2 Å². The first-order valence-corrected chi connectivity index (χ1v) is 11.0. The Hall–Kier alpha value is -2.23. The van der Waals surface area contributed by atoms with Crippen molar-refractivity contribution >= 4 is 21.8 Å². The minimum absolute atomic E-state index is 0.223. The number of rotatable bonds is 4. The first kappa shape index (κ1) is 20.1. The van der Waals surface area contributed by atoms with E-state index in [0.29, 0.717) is 39.9 Å². The average molecular weight is 425 g/mol. The number of fused-ring (bicyclic) bond motifs is 2. The molecule has 6 nitrogen and oxygen atoms in total. The predicted octanol–water partition coefficient (Wildman–Crippen LogP) is 3.88. The highest BCUT2D eigenvalue weighted by Crippen LogP contribution is 2.35. The van der Waals surface area contributed by atoms with Crippen LogP contribution in [0.2, 0.25) is 0 Å². The second-order valence-corrected chi connectivity index (χ2v) is 8.75. The molecule has 0 N–H and O–H groups in total. The maximum atomic E-state index is 13.3. The molecule has 1 aliphatic rings. The lowest BCUT2D eigenvalue weighted by molar-refractivity contribution is -0.141. The molecular formula is C19H22F3N5OS. The Kier molecular flexibility index (Phi) is 5.00. The van der Waals surface area contributed by atoms with E-state index in [0.717, 1.165) is 37.7 Å². The number of nitrogens with zero attached hydrogens (tertiary/aromatic N) is 5. The van der Waals surface area contributed by atoms with Gasteiger partial charge in [-0.15, -0.1) is 0 Å². The molecule has 0 aliphatic carbocycles. The zero-order chi connectivity index (χ0) is 20.9. The van der Waals surface area contributed by atoms with Crippen LogP contribution in [0.4, 0.5) is 13.2 Å². The van der Waals surface area contributed by atoms with Crippen molar-refractivity contribution in [2.24, 2.45) is 7.05 Å². The smallest absolute Gasteiger partial charge is 0.324 e. The van der Waals surface area contributed by atoms with Crippen molar-refractivity contribution in [3.8, 4) is 11.5 Å². The molecule has 0 spiro atoms. The Morgan fingerprint density at radius 1 is 1.17 bits per heavy atom. The monoisotopic (exact) mass is 425 g/mol. The fourth-order valence-corrected chi connectivity index (χ4v) is 4.96. The van der Waals surface area contributed by atoms with Gasteiger partial charge in [-0.1, -0.05) is 13.8 Å². The van der Waals surface area contributed by atoms with Gasteiger partial charge in [-0.05, 0) is 25.3 Å². The SMILES string of the molecule is CCc1nc(C(F)(F)F)cc2nc(-c3nc4n(c3S(=O)CC)CCCC4)n(C)c12. The van der Waals surface area contributed by atoms with Gasteiger partial charge < -0.3 is 9.13 Å². The van der Waals surface area contributed by atoms with Crippen molar-refractivity contribution < 1.29 is 17.4 Å². The summed E-state index contributed by atoms with van der Waals surface area (Å²) in [6.45, 7) is 4.35. The molecule has 1 unspecified atom stereocenters. The summed E-state index contributed by atoms with van der Waals surface area (Å²) in [5.74, 6) is 1.72. The summed E-state index contributed by atoms with van der Waals surface area (Å²) in [4.78, 5) is 13.0. The lowest BCUT2D eigenvalue weighted by atomic mass is 10.2. The molecule has 0 saturated carbocycles. The molecule has 3 aromatic heterocycles. The second-order valence-electron chi connectivity index (χ2n) is 7.09. The first-order valence-electron chi connectivity index (χ1n) is 9.67. The van der Waals surface area contributed by atoms with Gasteiger partial charge in [0.2, 0.25) is 0 Å². The van der Waals surface area contributed by atoms with Crippen LogP contribution in [0.25, 0.3) is 22.6 Å². The molecule has 4 rings (SSSR count). The van der Waals surface area contributed by atoms with E-state index in [1.54, 1.807) is 18.5 Å². The number of aryl methyl sites for hydroxylation is 3. The number of hydrogen-bond acceptors (Lipinski definition) is 4. The zero-order valence-electron chi connectivity index (χ0n) is 16.5. The molecule has 1 atom stereocenters. The third-order valence-corrected chi connectivity index (χ3v) is 6.64. The van der Waals surface area contributed by atoms with Gasteiger partial charge in [0.1, 0.15) is 22.2 Å². The molecule has 0 amide bonds. The van der Waals surface area contributed by atoms with Gasteiger partial charge in [0.05, 0.1) is 27.5 Å². The van der Waals surface area contributed by atoms with Crippen LogP contribution in [0.5, 0.6) is 0 Å². The number of hydrogen-bond donors (Lipinski definition) is 0. The van der Waals surface area contributed by atoms with Gasteiger partial charge in [0, 0.05) is 25.8 Å². The minimum atomic E-state index is -4.54. The van der Waals surface area contributed by atoms with Crippen LogP contribution in [0.3, 0.4) is 0 Å². The summed E-state index contributed by atoms with van der Waals surface area (Å²) in [6, 6.07) is 0.977. The molecule has 0 saturated heterocycles. The summed E-state index contributed by atoms with van der Waals surface area (Å²) in [7, 11) is 0.481. The molecule has 29 heavy (non-hydrogen) atoms. The summed E-state index contributed by atoms with van der Waals surface area (Å²) in [5.41, 5.74) is 0.651. The number of imidazole rings is 2. The van der Waals surface area contributed by atoms with Crippen LogP contribution in [-0.2, 0) is 43.4 Å². The molecule has 1 aliphatic heterocycles. The van der Waals surface area contributed by atoms with Gasteiger partial charge >= 0.3 is 6.18 Å². The number of pyridine rings is 1. The Labute approximate surface area is 168 Å². The van der Waals surface area contributed by atoms with Crippen LogP contribution in [-0.4, -0.2) is 34.0 Å². The van der Waals surface area contributed by atoms with Crippen LogP contribution >= 0.6 is 0 Å². The maximum Gasteiger partial charge on any atom is 0.433 e. The Morgan fingerprint density at radius 3 is 2.59 bits per heavy atom. The van der Waals surface area contributed by atoms with Crippen LogP contribution in [0.15, 0.2) is 11.1 Å². The molecule has 10 heteroatoms. The van der Waals surface area contributed by atoms with E-state index >= 15 is 0 Å². The van der Waals surface area contributed by atoms with Gasteiger partial charge in [0.25, 0.3) is 0 Å². The summed E-state index contributed by atoms with van der Waals surface area (Å²) >= 11 is 0. The predicted molar refractivity (Wildman–Crippen MR) is 104 cm³/mol. The molecule has 0 radical (unpaired) electrons. The summed E-state index contributed by atoms with van der Waals surface area (Å²) in [6.07, 6.45) is -1.42. The van der Waals surface area contributed by atoms with E-state index in [2.05, 4.69) is 9.97 Å². The van der Waals surface area contributed by atoms with Crippen molar-refractivity contribution in [3.05, 3.63) is 23.3 Å². The molecule has 0 aromatic carbocycles. The van der Waals surface area contributed by atoms with Crippen molar-refractivity contribution in [2.75, 3.05) is 5.75 Å². The highest BCUT2D eigenvalue weighted by molar-refractivity contribution is 7.85. The molecular weight excluding hydrogens is 403 g/mol. The zero-order valence-corrected chi connectivity index (χ0v) is 17.3. The Bertz CT molecular complexity index is 1120. The number of aromatic nitrogens is 5. The lowest BCUT2D eigenvalue weighted by Crippen LogP contribution is -2.14. The number of alkyl halides is 3. The second kappa shape index (κ2) is 7.23. The van der Waals surface area contributed by atoms with Gasteiger partial charge in [-0.3, -0.25) is 4.21 Å². The van der Waals surface area contributed by atoms with E-state index in [4.69, 9.17) is 4.98 Å². The van der Waals surface area contributed by atoms with Crippen LogP contribution < -0.4 is 0 Å². The van der Waals surface area contributed by atoms with Crippen molar-refractivity contribution in [1.82, 2.24) is 24.1 Å². The fourth-order valence-electron chi connectivity index (χ4n) is 3.90. The molecule has 3 aromatic rings. The average Bonchev–Trinajstić information content (AvgIpc) is 3.24. The van der Waals surface area contributed by atoms with E-state index < -0.39 is 22.7 Å². The van der Waals surface area contributed by atoms with Crippen molar-refractivity contribution in [1.29, 1.82) is 0 Å². The van der Waals surface area contributed by atoms with E-state index in [-0.39, 0.29) is 5.52 Å². The maximum absolute atomic E-state index is 13.3. The number of halogens is 3. The lowest BCUT2D eigenvalue weighted by Gasteiger charge is -2.15. The first-order chi connectivity index (χ1) is 13.8. The van der Waals surface area contributed by atoms with E-state index in [9.17, 15) is 17.4 Å². The largest absolute Gasteiger partial charge is 0.433 e. The Morgan fingerprint density at radius 2 is 1.93 bits per heavy atom. The summed E-state index contributed by atoms with van der Waals surface area (Å²) < 4.78 is 56.4. The third-order valence-electron chi connectivity index (χ3n) is 5.27. The molecule has 156 valence electrons. The van der Waals surface area contributed by atoms with Crippen molar-refractivity contribution in [2.45, 2.75) is 57.3 Å². The van der Waals surface area contributed by atoms with Crippen LogP contribution in [0.1, 0.15) is 43.9 Å². The van der Waals surface area contributed by atoms with Crippen molar-refractivity contribution in [3.63, 3.8) is 0 Å². The fraction of sp³-hybridized carbons (Fsp3) is 0.526. The topological polar surface area (TPSA) is 65.6 Å². The van der Waals surface area contributed by atoms with Gasteiger partial charge in [0.15, 0.2) is 5.82 Å². The van der Waals surface area contributed by atoms with E-state index in [1.807, 2.05) is 11.5 Å². The quantitative estimate of drug-likeness (QED) is 0.636. The molecule has 4 heterocycles. The highest BCUT2D eigenvalue weighted by Gasteiger charge is 2.34. The van der Waals surface area contributed by atoms with E-state index in [1.165, 1.54) is 0 Å². The summed E-state index contributed by atoms with van der Waals surface area (Å²) in [5, 5.41) is 0.614. The van der Waals surface area contributed by atoms with Crippen LogP contribution in [0, 0.1) is 0 Å². The molecule has 0 fully saturated rings. The van der Waals surface area contributed by atoms with Gasteiger partial charge in [-0.25, -0.2) is 15.0 Å².